The first kappa shape index (κ1) is 12.9. The van der Waals surface area contributed by atoms with Gasteiger partial charge >= 0.3 is 0 Å². The van der Waals surface area contributed by atoms with Crippen LogP contribution in [0.1, 0.15) is 11.1 Å². The van der Waals surface area contributed by atoms with E-state index in [1.54, 1.807) is 18.2 Å². The van der Waals surface area contributed by atoms with Crippen molar-refractivity contribution in [3.05, 3.63) is 76.0 Å². The summed E-state index contributed by atoms with van der Waals surface area (Å²) in [6.45, 7) is 0.553. The van der Waals surface area contributed by atoms with Crippen LogP contribution in [0.25, 0.3) is 10.9 Å². The molecule has 102 valence electrons. The minimum Gasteiger partial charge on any atom is -0.343 e. The van der Waals surface area contributed by atoms with Crippen LogP contribution in [0.15, 0.2) is 54.7 Å². The lowest BCUT2D eigenvalue weighted by atomic mass is 10.1. The Labute approximate surface area is 120 Å². The second kappa shape index (κ2) is 5.10. The predicted molar refractivity (Wildman–Crippen MR) is 78.9 cm³/mol. The minimum absolute atomic E-state index is 0.0933. The molecule has 5 nitrogen and oxygen atoms in total. The minimum atomic E-state index is -0.392. The zero-order valence-corrected chi connectivity index (χ0v) is 11.1. The number of nitro benzene ring substituents is 1. The number of benzene rings is 2. The first-order valence-electron chi connectivity index (χ1n) is 6.40. The third-order valence-electron chi connectivity index (χ3n) is 3.37. The zero-order chi connectivity index (χ0) is 14.8. The van der Waals surface area contributed by atoms with E-state index in [4.69, 9.17) is 5.26 Å². The van der Waals surface area contributed by atoms with Gasteiger partial charge < -0.3 is 4.57 Å². The molecule has 3 aromatic rings. The number of rotatable bonds is 3. The van der Waals surface area contributed by atoms with Gasteiger partial charge in [-0.05, 0) is 29.8 Å². The summed E-state index contributed by atoms with van der Waals surface area (Å²) in [5, 5.41) is 20.7. The van der Waals surface area contributed by atoms with Crippen LogP contribution in [0.3, 0.4) is 0 Å². The SMILES string of the molecule is N#Cc1ccc2c(ccn2Cc2cccc([N+](=O)[O-])c2)c1. The summed E-state index contributed by atoms with van der Waals surface area (Å²) in [4.78, 5) is 10.4. The Morgan fingerprint density at radius 2 is 2.05 bits per heavy atom. The highest BCUT2D eigenvalue weighted by Crippen LogP contribution is 2.20. The fourth-order valence-electron chi connectivity index (χ4n) is 2.37. The molecule has 1 heterocycles. The summed E-state index contributed by atoms with van der Waals surface area (Å²) in [5.74, 6) is 0. The topological polar surface area (TPSA) is 71.9 Å². The highest BCUT2D eigenvalue weighted by Gasteiger charge is 2.07. The number of nitrogens with zero attached hydrogens (tertiary/aromatic N) is 3. The van der Waals surface area contributed by atoms with E-state index in [1.165, 1.54) is 6.07 Å². The van der Waals surface area contributed by atoms with Gasteiger partial charge in [-0.15, -0.1) is 0 Å². The smallest absolute Gasteiger partial charge is 0.269 e. The third kappa shape index (κ3) is 2.47. The second-order valence-corrected chi connectivity index (χ2v) is 4.76. The van der Waals surface area contributed by atoms with E-state index in [1.807, 2.05) is 35.0 Å². The zero-order valence-electron chi connectivity index (χ0n) is 11.1. The lowest BCUT2D eigenvalue weighted by molar-refractivity contribution is -0.384. The van der Waals surface area contributed by atoms with Crippen molar-refractivity contribution in [3.63, 3.8) is 0 Å². The summed E-state index contributed by atoms with van der Waals surface area (Å²) >= 11 is 0. The van der Waals surface area contributed by atoms with Crippen LogP contribution in [-0.4, -0.2) is 9.49 Å². The molecule has 0 amide bonds. The van der Waals surface area contributed by atoms with Crippen molar-refractivity contribution in [1.29, 1.82) is 5.26 Å². The van der Waals surface area contributed by atoms with E-state index in [2.05, 4.69) is 6.07 Å². The van der Waals surface area contributed by atoms with Gasteiger partial charge in [0.15, 0.2) is 0 Å². The molecule has 2 aromatic carbocycles. The van der Waals surface area contributed by atoms with Gasteiger partial charge in [0.1, 0.15) is 0 Å². The number of nitriles is 1. The molecule has 0 aliphatic carbocycles. The van der Waals surface area contributed by atoms with Crippen LogP contribution in [0.5, 0.6) is 0 Å². The maximum Gasteiger partial charge on any atom is 0.269 e. The maximum atomic E-state index is 10.8. The Morgan fingerprint density at radius 1 is 1.19 bits per heavy atom. The molecule has 3 rings (SSSR count). The van der Waals surface area contributed by atoms with Crippen LogP contribution < -0.4 is 0 Å². The summed E-state index contributed by atoms with van der Waals surface area (Å²) in [5.41, 5.74) is 2.58. The summed E-state index contributed by atoms with van der Waals surface area (Å²) < 4.78 is 2.01. The van der Waals surface area contributed by atoms with E-state index in [9.17, 15) is 10.1 Å². The van der Waals surface area contributed by atoms with Gasteiger partial charge in [0.05, 0.1) is 16.6 Å². The van der Waals surface area contributed by atoms with Crippen molar-refractivity contribution in [2.45, 2.75) is 6.54 Å². The van der Waals surface area contributed by atoms with Crippen molar-refractivity contribution in [3.8, 4) is 6.07 Å². The normalized spacial score (nSPS) is 10.4. The molecule has 0 N–H and O–H groups in total. The molecule has 0 atom stereocenters. The van der Waals surface area contributed by atoms with Gasteiger partial charge in [-0.3, -0.25) is 10.1 Å². The summed E-state index contributed by atoms with van der Waals surface area (Å²) in [6, 6.07) is 16.2. The molecule has 0 saturated heterocycles. The molecule has 0 fully saturated rings. The van der Waals surface area contributed by atoms with Crippen molar-refractivity contribution < 1.29 is 4.92 Å². The van der Waals surface area contributed by atoms with E-state index in [0.717, 1.165) is 16.5 Å². The third-order valence-corrected chi connectivity index (χ3v) is 3.37. The van der Waals surface area contributed by atoms with Gasteiger partial charge in [-0.1, -0.05) is 12.1 Å². The molecule has 0 aliphatic heterocycles. The molecule has 21 heavy (non-hydrogen) atoms. The molecular formula is C16H11N3O2. The van der Waals surface area contributed by atoms with Gasteiger partial charge in [0.25, 0.3) is 5.69 Å². The lowest BCUT2D eigenvalue weighted by Gasteiger charge is -2.06. The monoisotopic (exact) mass is 277 g/mol. The number of nitro groups is 1. The molecule has 0 bridgehead atoms. The Hall–Kier alpha value is -3.13. The first-order valence-corrected chi connectivity index (χ1v) is 6.40. The predicted octanol–water partition coefficient (Wildman–Crippen LogP) is 3.47. The summed E-state index contributed by atoms with van der Waals surface area (Å²) in [6.07, 6.45) is 1.92. The van der Waals surface area contributed by atoms with Gasteiger partial charge in [0, 0.05) is 35.8 Å². The Kier molecular flexibility index (Phi) is 3.13. The quantitative estimate of drug-likeness (QED) is 0.543. The lowest BCUT2D eigenvalue weighted by Crippen LogP contribution is -1.98. The highest BCUT2D eigenvalue weighted by molar-refractivity contribution is 5.81. The standard InChI is InChI=1S/C16H11N3O2/c17-10-12-4-5-16-14(8-12)6-7-18(16)11-13-2-1-3-15(9-13)19(20)21/h1-9H,11H2. The van der Waals surface area contributed by atoms with Crippen molar-refractivity contribution in [1.82, 2.24) is 4.57 Å². The molecule has 1 aromatic heterocycles. The fraction of sp³-hybridized carbons (Fsp3) is 0.0625. The van der Waals surface area contributed by atoms with Crippen LogP contribution in [-0.2, 0) is 6.54 Å². The van der Waals surface area contributed by atoms with Crippen LogP contribution >= 0.6 is 0 Å². The second-order valence-electron chi connectivity index (χ2n) is 4.76. The number of hydrogen-bond donors (Lipinski definition) is 0. The van der Waals surface area contributed by atoms with Crippen LogP contribution in [0, 0.1) is 21.4 Å². The Morgan fingerprint density at radius 3 is 2.81 bits per heavy atom. The molecule has 5 heteroatoms. The van der Waals surface area contributed by atoms with Gasteiger partial charge in [-0.2, -0.15) is 5.26 Å². The van der Waals surface area contributed by atoms with Gasteiger partial charge in [-0.25, -0.2) is 0 Å². The van der Waals surface area contributed by atoms with E-state index >= 15 is 0 Å². The van der Waals surface area contributed by atoms with Crippen LogP contribution in [0.2, 0.25) is 0 Å². The maximum absolute atomic E-state index is 10.8. The highest BCUT2D eigenvalue weighted by atomic mass is 16.6. The van der Waals surface area contributed by atoms with E-state index < -0.39 is 4.92 Å². The number of non-ortho nitro benzene ring substituents is 1. The van der Waals surface area contributed by atoms with E-state index in [-0.39, 0.29) is 5.69 Å². The number of aromatic nitrogens is 1. The van der Waals surface area contributed by atoms with Crippen molar-refractivity contribution in [2.75, 3.05) is 0 Å². The summed E-state index contributed by atoms with van der Waals surface area (Å²) in [7, 11) is 0. The van der Waals surface area contributed by atoms with Crippen molar-refractivity contribution >= 4 is 16.6 Å². The first-order chi connectivity index (χ1) is 10.2. The average Bonchev–Trinajstić information content (AvgIpc) is 2.89. The molecular weight excluding hydrogens is 266 g/mol. The fourth-order valence-corrected chi connectivity index (χ4v) is 2.37. The van der Waals surface area contributed by atoms with E-state index in [0.29, 0.717) is 12.1 Å². The molecule has 0 aliphatic rings. The Balaban J connectivity index is 1.97. The molecule has 0 saturated carbocycles. The van der Waals surface area contributed by atoms with Crippen molar-refractivity contribution in [2.24, 2.45) is 0 Å². The number of fused-ring (bicyclic) bond motifs is 1. The largest absolute Gasteiger partial charge is 0.343 e. The molecule has 0 radical (unpaired) electrons. The Bertz CT molecular complexity index is 875. The van der Waals surface area contributed by atoms with Gasteiger partial charge in [0.2, 0.25) is 0 Å². The molecule has 0 unspecified atom stereocenters. The molecule has 0 spiro atoms. The number of hydrogen-bond acceptors (Lipinski definition) is 3. The average molecular weight is 277 g/mol. The van der Waals surface area contributed by atoms with Crippen LogP contribution in [0.4, 0.5) is 5.69 Å².